The first kappa shape index (κ1) is 17.1. The number of unbranched alkanes of at least 4 members (excludes halogenated alkanes) is 1. The zero-order valence-corrected chi connectivity index (χ0v) is 13.6. The Morgan fingerprint density at radius 2 is 2.00 bits per heavy atom. The molecule has 0 saturated carbocycles. The molecule has 5 heteroatoms. The Bertz CT molecular complexity index is 397. The molecule has 0 aliphatic carbocycles. The van der Waals surface area contributed by atoms with E-state index in [1.165, 1.54) is 0 Å². The minimum Gasteiger partial charge on any atom is -0.387 e. The molecule has 0 aromatic carbocycles. The summed E-state index contributed by atoms with van der Waals surface area (Å²) in [6, 6.07) is 0. The normalized spacial score (nSPS) is 15.3. The maximum atomic E-state index is 10.9. The SMILES string of the molecule is CCC(O)(Cn1nncc1CCCCNC)C(C)(C)C. The van der Waals surface area contributed by atoms with E-state index in [0.29, 0.717) is 13.0 Å². The molecule has 5 nitrogen and oxygen atoms in total. The summed E-state index contributed by atoms with van der Waals surface area (Å²) in [6.45, 7) is 9.77. The highest BCUT2D eigenvalue weighted by Gasteiger charge is 2.39. The number of hydrogen-bond donors (Lipinski definition) is 2. The predicted molar refractivity (Wildman–Crippen MR) is 81.6 cm³/mol. The Labute approximate surface area is 122 Å². The van der Waals surface area contributed by atoms with Crippen LogP contribution in [0.15, 0.2) is 6.20 Å². The summed E-state index contributed by atoms with van der Waals surface area (Å²) < 4.78 is 1.87. The number of aromatic nitrogens is 3. The van der Waals surface area contributed by atoms with E-state index < -0.39 is 5.60 Å². The molecule has 20 heavy (non-hydrogen) atoms. The molecular weight excluding hydrogens is 252 g/mol. The van der Waals surface area contributed by atoms with Gasteiger partial charge in [0, 0.05) is 0 Å². The van der Waals surface area contributed by atoms with Gasteiger partial charge >= 0.3 is 0 Å². The van der Waals surface area contributed by atoms with Crippen molar-refractivity contribution < 1.29 is 5.11 Å². The Kier molecular flexibility index (Phi) is 6.14. The summed E-state index contributed by atoms with van der Waals surface area (Å²) >= 11 is 0. The van der Waals surface area contributed by atoms with Crippen molar-refractivity contribution in [2.24, 2.45) is 5.41 Å². The summed E-state index contributed by atoms with van der Waals surface area (Å²) in [5, 5.41) is 22.2. The van der Waals surface area contributed by atoms with Crippen molar-refractivity contribution in [2.45, 2.75) is 65.5 Å². The van der Waals surface area contributed by atoms with Crippen LogP contribution in [0.4, 0.5) is 0 Å². The van der Waals surface area contributed by atoms with Gasteiger partial charge in [-0.3, -0.25) is 0 Å². The highest BCUT2D eigenvalue weighted by atomic mass is 16.3. The Morgan fingerprint density at radius 1 is 1.30 bits per heavy atom. The lowest BCUT2D eigenvalue weighted by molar-refractivity contribution is -0.0770. The van der Waals surface area contributed by atoms with Crippen LogP contribution in [-0.4, -0.2) is 39.3 Å². The summed E-state index contributed by atoms with van der Waals surface area (Å²) in [4.78, 5) is 0. The van der Waals surface area contributed by atoms with Crippen molar-refractivity contribution in [3.05, 3.63) is 11.9 Å². The highest BCUT2D eigenvalue weighted by molar-refractivity contribution is 4.98. The fraction of sp³-hybridized carbons (Fsp3) is 0.867. The number of nitrogens with zero attached hydrogens (tertiary/aromatic N) is 3. The monoisotopic (exact) mass is 282 g/mol. The Morgan fingerprint density at radius 3 is 2.55 bits per heavy atom. The number of aryl methyl sites for hydroxylation is 1. The summed E-state index contributed by atoms with van der Waals surface area (Å²) in [5.74, 6) is 0. The van der Waals surface area contributed by atoms with Gasteiger partial charge < -0.3 is 10.4 Å². The number of aliphatic hydroxyl groups is 1. The molecule has 1 rings (SSSR count). The molecule has 0 aliphatic rings. The van der Waals surface area contributed by atoms with Crippen LogP contribution in [-0.2, 0) is 13.0 Å². The van der Waals surface area contributed by atoms with Gasteiger partial charge in [-0.2, -0.15) is 0 Å². The Hall–Kier alpha value is -0.940. The largest absolute Gasteiger partial charge is 0.387 e. The predicted octanol–water partition coefficient (Wildman–Crippen LogP) is 2.01. The van der Waals surface area contributed by atoms with Crippen LogP contribution in [0.25, 0.3) is 0 Å². The molecule has 0 spiro atoms. The fourth-order valence-corrected chi connectivity index (χ4v) is 2.34. The molecule has 0 amide bonds. The second-order valence-corrected chi connectivity index (χ2v) is 6.58. The van der Waals surface area contributed by atoms with Crippen LogP contribution in [0, 0.1) is 5.41 Å². The average molecular weight is 282 g/mol. The molecule has 0 radical (unpaired) electrons. The summed E-state index contributed by atoms with van der Waals surface area (Å²) in [7, 11) is 1.97. The second-order valence-electron chi connectivity index (χ2n) is 6.58. The van der Waals surface area contributed by atoms with E-state index in [9.17, 15) is 5.11 Å². The van der Waals surface area contributed by atoms with Crippen LogP contribution < -0.4 is 5.32 Å². The van der Waals surface area contributed by atoms with Crippen molar-refractivity contribution in [2.75, 3.05) is 13.6 Å². The highest BCUT2D eigenvalue weighted by Crippen LogP contribution is 2.34. The zero-order valence-electron chi connectivity index (χ0n) is 13.6. The minimum atomic E-state index is -0.763. The maximum Gasteiger partial charge on any atom is 0.0888 e. The molecule has 0 bridgehead atoms. The van der Waals surface area contributed by atoms with Crippen molar-refractivity contribution in [3.63, 3.8) is 0 Å². The van der Waals surface area contributed by atoms with Crippen LogP contribution in [0.5, 0.6) is 0 Å². The average Bonchev–Trinajstić information content (AvgIpc) is 2.80. The molecule has 1 unspecified atom stereocenters. The lowest BCUT2D eigenvalue weighted by Gasteiger charge is -2.39. The number of nitrogens with one attached hydrogen (secondary N) is 1. The molecule has 116 valence electrons. The van der Waals surface area contributed by atoms with Crippen LogP contribution >= 0.6 is 0 Å². The molecular formula is C15H30N4O. The Balaban J connectivity index is 2.70. The van der Waals surface area contributed by atoms with Gasteiger partial charge in [0.15, 0.2) is 0 Å². The number of hydrogen-bond acceptors (Lipinski definition) is 4. The maximum absolute atomic E-state index is 10.9. The van der Waals surface area contributed by atoms with Crippen LogP contribution in [0.1, 0.15) is 52.7 Å². The molecule has 1 aromatic rings. The van der Waals surface area contributed by atoms with E-state index in [1.807, 2.05) is 24.9 Å². The smallest absolute Gasteiger partial charge is 0.0888 e. The quantitative estimate of drug-likeness (QED) is 0.716. The molecule has 2 N–H and O–H groups in total. The minimum absolute atomic E-state index is 0.183. The van der Waals surface area contributed by atoms with Gasteiger partial charge in [-0.25, -0.2) is 4.68 Å². The molecule has 1 aromatic heterocycles. The third-order valence-electron chi connectivity index (χ3n) is 4.20. The number of rotatable bonds is 8. The van der Waals surface area contributed by atoms with Crippen molar-refractivity contribution in [3.8, 4) is 0 Å². The molecule has 0 fully saturated rings. The fourth-order valence-electron chi connectivity index (χ4n) is 2.34. The van der Waals surface area contributed by atoms with Gasteiger partial charge in [0.25, 0.3) is 0 Å². The third kappa shape index (κ3) is 4.28. The first-order valence-electron chi connectivity index (χ1n) is 7.58. The second kappa shape index (κ2) is 7.18. The third-order valence-corrected chi connectivity index (χ3v) is 4.20. The first-order chi connectivity index (χ1) is 9.34. The standard InChI is InChI=1S/C15H30N4O/c1-6-15(20,14(2,3)4)12-19-13(11-17-18-19)9-7-8-10-16-5/h11,16,20H,6-10,12H2,1-5H3. The molecule has 1 heterocycles. The van der Waals surface area contributed by atoms with Gasteiger partial charge in [0.05, 0.1) is 24.0 Å². The van der Waals surface area contributed by atoms with E-state index >= 15 is 0 Å². The molecule has 1 atom stereocenters. The summed E-state index contributed by atoms with van der Waals surface area (Å²) in [5.41, 5.74) is 0.162. The van der Waals surface area contributed by atoms with Crippen molar-refractivity contribution >= 4 is 0 Å². The lowest BCUT2D eigenvalue weighted by Crippen LogP contribution is -2.46. The molecule has 0 saturated heterocycles. The summed E-state index contributed by atoms with van der Waals surface area (Å²) in [6.07, 6.45) is 5.72. The van der Waals surface area contributed by atoms with Gasteiger partial charge in [-0.15, -0.1) is 5.10 Å². The lowest BCUT2D eigenvalue weighted by atomic mass is 9.74. The molecule has 0 aliphatic heterocycles. The zero-order chi connectivity index (χ0) is 15.2. The van der Waals surface area contributed by atoms with Crippen molar-refractivity contribution in [1.29, 1.82) is 0 Å². The van der Waals surface area contributed by atoms with Crippen LogP contribution in [0.2, 0.25) is 0 Å². The van der Waals surface area contributed by atoms with Gasteiger partial charge in [-0.05, 0) is 44.7 Å². The van der Waals surface area contributed by atoms with Gasteiger partial charge in [-0.1, -0.05) is 32.9 Å². The van der Waals surface area contributed by atoms with E-state index in [4.69, 9.17) is 0 Å². The van der Waals surface area contributed by atoms with Gasteiger partial charge in [0.2, 0.25) is 0 Å². The van der Waals surface area contributed by atoms with E-state index in [-0.39, 0.29) is 5.41 Å². The van der Waals surface area contributed by atoms with Crippen molar-refractivity contribution in [1.82, 2.24) is 20.3 Å². The van der Waals surface area contributed by atoms with Crippen LogP contribution in [0.3, 0.4) is 0 Å². The van der Waals surface area contributed by atoms with E-state index in [1.54, 1.807) is 0 Å². The van der Waals surface area contributed by atoms with E-state index in [2.05, 4.69) is 36.4 Å². The first-order valence-corrected chi connectivity index (χ1v) is 7.58. The van der Waals surface area contributed by atoms with Gasteiger partial charge in [0.1, 0.15) is 0 Å². The van der Waals surface area contributed by atoms with E-state index in [0.717, 1.165) is 31.5 Å². The topological polar surface area (TPSA) is 63.0 Å².